The summed E-state index contributed by atoms with van der Waals surface area (Å²) in [5.74, 6) is 1.34. The van der Waals surface area contributed by atoms with Gasteiger partial charge in [0.05, 0.1) is 6.54 Å². The molecule has 0 fully saturated rings. The van der Waals surface area contributed by atoms with Crippen molar-refractivity contribution in [1.82, 2.24) is 19.7 Å². The summed E-state index contributed by atoms with van der Waals surface area (Å²) in [6.07, 6.45) is 7.07. The van der Waals surface area contributed by atoms with Gasteiger partial charge in [0, 0.05) is 17.8 Å². The first kappa shape index (κ1) is 13.5. The predicted octanol–water partition coefficient (Wildman–Crippen LogP) is 3.03. The highest BCUT2D eigenvalue weighted by Crippen LogP contribution is 2.31. The quantitative estimate of drug-likeness (QED) is 0.722. The van der Waals surface area contributed by atoms with Crippen LogP contribution >= 0.6 is 0 Å². The van der Waals surface area contributed by atoms with Crippen molar-refractivity contribution in [2.45, 2.75) is 26.3 Å². The largest absolute Gasteiger partial charge is 0.491 e. The maximum atomic E-state index is 5.91. The smallest absolute Gasteiger partial charge is 0.128 e. The molecule has 3 rings (SSSR count). The average molecular weight is 282 g/mol. The number of benzene rings is 1. The molecule has 0 radical (unpaired) electrons. The van der Waals surface area contributed by atoms with Crippen molar-refractivity contribution in [1.29, 1.82) is 0 Å². The molecule has 0 aliphatic heterocycles. The van der Waals surface area contributed by atoms with Crippen molar-refractivity contribution in [3.05, 3.63) is 48.8 Å². The zero-order valence-electron chi connectivity index (χ0n) is 12.2. The van der Waals surface area contributed by atoms with E-state index in [1.807, 2.05) is 23.0 Å². The molecule has 0 amide bonds. The van der Waals surface area contributed by atoms with Gasteiger partial charge in [0.25, 0.3) is 0 Å². The van der Waals surface area contributed by atoms with Gasteiger partial charge in [0.1, 0.15) is 25.0 Å². The van der Waals surface area contributed by atoms with Gasteiger partial charge in [-0.1, -0.05) is 19.9 Å². The second-order valence-electron chi connectivity index (χ2n) is 5.28. The van der Waals surface area contributed by atoms with Gasteiger partial charge in [-0.25, -0.2) is 0 Å². The van der Waals surface area contributed by atoms with Gasteiger partial charge in [-0.2, -0.15) is 0 Å². The SMILES string of the molecule is CC(C)c1ccc(OCCn2cnnc2)c2cnccc12. The van der Waals surface area contributed by atoms with E-state index in [1.165, 1.54) is 10.9 Å². The molecular weight excluding hydrogens is 264 g/mol. The van der Waals surface area contributed by atoms with E-state index >= 15 is 0 Å². The van der Waals surface area contributed by atoms with Gasteiger partial charge in [-0.05, 0) is 29.0 Å². The van der Waals surface area contributed by atoms with Gasteiger partial charge in [-0.15, -0.1) is 10.2 Å². The topological polar surface area (TPSA) is 52.8 Å². The number of rotatable bonds is 5. The van der Waals surface area contributed by atoms with E-state index in [0.29, 0.717) is 12.5 Å². The van der Waals surface area contributed by atoms with E-state index in [9.17, 15) is 0 Å². The molecule has 21 heavy (non-hydrogen) atoms. The summed E-state index contributed by atoms with van der Waals surface area (Å²) in [6.45, 7) is 5.69. The molecule has 0 saturated heterocycles. The molecule has 5 heteroatoms. The second-order valence-corrected chi connectivity index (χ2v) is 5.28. The third-order valence-corrected chi connectivity index (χ3v) is 3.51. The van der Waals surface area contributed by atoms with Gasteiger partial charge < -0.3 is 9.30 Å². The Morgan fingerprint density at radius 1 is 1.10 bits per heavy atom. The average Bonchev–Trinajstić information content (AvgIpc) is 3.00. The summed E-state index contributed by atoms with van der Waals surface area (Å²) in [7, 11) is 0. The lowest BCUT2D eigenvalue weighted by atomic mass is 9.97. The molecule has 108 valence electrons. The van der Waals surface area contributed by atoms with Crippen molar-refractivity contribution in [2.24, 2.45) is 0 Å². The molecule has 0 atom stereocenters. The lowest BCUT2D eigenvalue weighted by molar-refractivity contribution is 0.301. The van der Waals surface area contributed by atoms with E-state index in [1.54, 1.807) is 12.7 Å². The van der Waals surface area contributed by atoms with E-state index < -0.39 is 0 Å². The number of fused-ring (bicyclic) bond motifs is 1. The van der Waals surface area contributed by atoms with Crippen molar-refractivity contribution >= 4 is 10.8 Å². The Morgan fingerprint density at radius 3 is 2.67 bits per heavy atom. The molecular formula is C16H18N4O. The van der Waals surface area contributed by atoms with Crippen LogP contribution in [0.3, 0.4) is 0 Å². The Morgan fingerprint density at radius 2 is 1.90 bits per heavy atom. The molecule has 0 unspecified atom stereocenters. The standard InChI is InChI=1S/C16H18N4O/c1-12(2)13-3-4-16(15-9-17-6-5-14(13)15)21-8-7-20-10-18-19-11-20/h3-6,9-12H,7-8H2,1-2H3. The van der Waals surface area contributed by atoms with Crippen LogP contribution in [0.15, 0.2) is 43.2 Å². The maximum absolute atomic E-state index is 5.91. The first-order chi connectivity index (χ1) is 10.3. The highest BCUT2D eigenvalue weighted by Gasteiger charge is 2.09. The Kier molecular flexibility index (Phi) is 3.81. The fourth-order valence-electron chi connectivity index (χ4n) is 2.42. The minimum absolute atomic E-state index is 0.473. The third-order valence-electron chi connectivity index (χ3n) is 3.51. The Hall–Kier alpha value is -2.43. The maximum Gasteiger partial charge on any atom is 0.128 e. The van der Waals surface area contributed by atoms with E-state index in [-0.39, 0.29) is 0 Å². The number of aromatic nitrogens is 4. The van der Waals surface area contributed by atoms with Gasteiger partial charge in [-0.3, -0.25) is 4.98 Å². The lowest BCUT2D eigenvalue weighted by Crippen LogP contribution is -2.07. The van der Waals surface area contributed by atoms with Gasteiger partial charge >= 0.3 is 0 Å². The van der Waals surface area contributed by atoms with E-state index in [0.717, 1.165) is 17.7 Å². The molecule has 2 aromatic heterocycles. The zero-order chi connectivity index (χ0) is 14.7. The molecule has 5 nitrogen and oxygen atoms in total. The van der Waals surface area contributed by atoms with Gasteiger partial charge in [0.2, 0.25) is 0 Å². The fraction of sp³-hybridized carbons (Fsp3) is 0.312. The monoisotopic (exact) mass is 282 g/mol. The minimum atomic E-state index is 0.473. The molecule has 1 aromatic carbocycles. The van der Waals surface area contributed by atoms with E-state index in [2.05, 4.69) is 41.2 Å². The predicted molar refractivity (Wildman–Crippen MR) is 81.3 cm³/mol. The van der Waals surface area contributed by atoms with Crippen LogP contribution in [0.4, 0.5) is 0 Å². The van der Waals surface area contributed by atoms with E-state index in [4.69, 9.17) is 4.74 Å². The number of hydrogen-bond donors (Lipinski definition) is 0. The van der Waals surface area contributed by atoms with Crippen LogP contribution in [0, 0.1) is 0 Å². The minimum Gasteiger partial charge on any atom is -0.491 e. The Bertz CT molecular complexity index is 722. The molecule has 0 aliphatic carbocycles. The third kappa shape index (κ3) is 2.86. The van der Waals surface area contributed by atoms with Crippen LogP contribution in [-0.2, 0) is 6.54 Å². The molecule has 0 spiro atoms. The summed E-state index contributed by atoms with van der Waals surface area (Å²) in [4.78, 5) is 4.23. The molecule has 2 heterocycles. The van der Waals surface area contributed by atoms with Crippen LogP contribution in [0.2, 0.25) is 0 Å². The van der Waals surface area contributed by atoms with Gasteiger partial charge in [0.15, 0.2) is 0 Å². The zero-order valence-corrected chi connectivity index (χ0v) is 12.2. The van der Waals surface area contributed by atoms with Crippen LogP contribution in [0.25, 0.3) is 10.8 Å². The summed E-state index contributed by atoms with van der Waals surface area (Å²) in [5, 5.41) is 9.82. The summed E-state index contributed by atoms with van der Waals surface area (Å²) >= 11 is 0. The Balaban J connectivity index is 1.84. The summed E-state index contributed by atoms with van der Waals surface area (Å²) in [5.41, 5.74) is 1.32. The first-order valence-electron chi connectivity index (χ1n) is 7.07. The normalized spacial score (nSPS) is 11.2. The first-order valence-corrected chi connectivity index (χ1v) is 7.07. The fourth-order valence-corrected chi connectivity index (χ4v) is 2.42. The summed E-state index contributed by atoms with van der Waals surface area (Å²) in [6, 6.07) is 6.23. The number of ether oxygens (including phenoxy) is 1. The van der Waals surface area contributed by atoms with Crippen molar-refractivity contribution in [3.8, 4) is 5.75 Å². The number of nitrogens with zero attached hydrogens (tertiary/aromatic N) is 4. The molecule has 0 bridgehead atoms. The molecule has 0 N–H and O–H groups in total. The molecule has 3 aromatic rings. The Labute approximate surface area is 123 Å². The highest BCUT2D eigenvalue weighted by molar-refractivity contribution is 5.90. The molecule has 0 saturated carbocycles. The second kappa shape index (κ2) is 5.91. The van der Waals surface area contributed by atoms with Crippen molar-refractivity contribution in [2.75, 3.05) is 6.61 Å². The molecule has 0 aliphatic rings. The van der Waals surface area contributed by atoms with Crippen molar-refractivity contribution in [3.63, 3.8) is 0 Å². The van der Waals surface area contributed by atoms with Crippen LogP contribution in [-0.4, -0.2) is 26.4 Å². The van der Waals surface area contributed by atoms with Crippen LogP contribution in [0.5, 0.6) is 5.75 Å². The van der Waals surface area contributed by atoms with Crippen LogP contribution in [0.1, 0.15) is 25.3 Å². The van der Waals surface area contributed by atoms with Crippen molar-refractivity contribution < 1.29 is 4.74 Å². The highest BCUT2D eigenvalue weighted by atomic mass is 16.5. The summed E-state index contributed by atoms with van der Waals surface area (Å²) < 4.78 is 7.80. The van der Waals surface area contributed by atoms with Crippen LogP contribution < -0.4 is 4.74 Å². The number of pyridine rings is 1. The number of hydrogen-bond acceptors (Lipinski definition) is 4. The lowest BCUT2D eigenvalue weighted by Gasteiger charge is -2.14.